The highest BCUT2D eigenvalue weighted by Gasteiger charge is 2.18. The number of ketones is 1. The number of pyridine rings is 1. The van der Waals surface area contributed by atoms with Gasteiger partial charge in [0.05, 0.1) is 5.56 Å². The molecule has 0 amide bonds. The number of nitrogens with zero attached hydrogens (tertiary/aromatic N) is 1. The number of anilines is 1. The zero-order valence-corrected chi connectivity index (χ0v) is 9.72. The van der Waals surface area contributed by atoms with Crippen molar-refractivity contribution >= 4 is 11.5 Å². The van der Waals surface area contributed by atoms with Crippen molar-refractivity contribution in [2.45, 2.75) is 6.61 Å². The Morgan fingerprint density at radius 3 is 2.68 bits per heavy atom. The average Bonchev–Trinajstić information content (AvgIpc) is 2.40. The SMILES string of the molecule is Nc1ccc(OC(F)F)c(C(=O)c2ccccn2)c1. The van der Waals surface area contributed by atoms with Crippen LogP contribution in [0, 0.1) is 0 Å². The molecule has 1 aromatic carbocycles. The third-order valence-corrected chi connectivity index (χ3v) is 2.36. The van der Waals surface area contributed by atoms with E-state index in [0.29, 0.717) is 0 Å². The lowest BCUT2D eigenvalue weighted by molar-refractivity contribution is -0.0501. The molecule has 1 heterocycles. The van der Waals surface area contributed by atoms with Gasteiger partial charge in [0.15, 0.2) is 0 Å². The minimum Gasteiger partial charge on any atom is -0.434 e. The Labute approximate surface area is 107 Å². The fourth-order valence-corrected chi connectivity index (χ4v) is 1.56. The summed E-state index contributed by atoms with van der Waals surface area (Å²) in [5.41, 5.74) is 5.93. The van der Waals surface area contributed by atoms with Gasteiger partial charge in [-0.15, -0.1) is 0 Å². The number of ether oxygens (including phenoxy) is 1. The molecular weight excluding hydrogens is 254 g/mol. The standard InChI is InChI=1S/C13H10F2N2O2/c14-13(15)19-11-5-4-8(16)7-9(11)12(18)10-3-1-2-6-17-10/h1-7,13H,16H2. The van der Waals surface area contributed by atoms with E-state index in [4.69, 9.17) is 5.73 Å². The summed E-state index contributed by atoms with van der Waals surface area (Å²) in [4.78, 5) is 16.0. The lowest BCUT2D eigenvalue weighted by atomic mass is 10.1. The van der Waals surface area contributed by atoms with Crippen molar-refractivity contribution in [1.82, 2.24) is 4.98 Å². The molecule has 2 N–H and O–H groups in total. The van der Waals surface area contributed by atoms with Crippen LogP contribution < -0.4 is 10.5 Å². The second-order valence-corrected chi connectivity index (χ2v) is 3.68. The summed E-state index contributed by atoms with van der Waals surface area (Å²) < 4.78 is 28.9. The van der Waals surface area contributed by atoms with Gasteiger partial charge in [-0.05, 0) is 30.3 Å². The largest absolute Gasteiger partial charge is 0.434 e. The molecule has 0 fully saturated rings. The van der Waals surface area contributed by atoms with Gasteiger partial charge in [0, 0.05) is 11.9 Å². The van der Waals surface area contributed by atoms with E-state index in [-0.39, 0.29) is 22.7 Å². The third-order valence-electron chi connectivity index (χ3n) is 2.36. The van der Waals surface area contributed by atoms with Crippen LogP contribution in [-0.4, -0.2) is 17.4 Å². The minimum absolute atomic E-state index is 0.0426. The molecule has 0 bridgehead atoms. The van der Waals surface area contributed by atoms with Crippen LogP contribution in [0.15, 0.2) is 42.6 Å². The monoisotopic (exact) mass is 264 g/mol. The molecule has 2 rings (SSSR count). The number of halogens is 2. The van der Waals surface area contributed by atoms with Gasteiger partial charge in [-0.1, -0.05) is 6.07 Å². The van der Waals surface area contributed by atoms with E-state index in [9.17, 15) is 13.6 Å². The fraction of sp³-hybridized carbons (Fsp3) is 0.0769. The van der Waals surface area contributed by atoms with Crippen LogP contribution >= 0.6 is 0 Å². The van der Waals surface area contributed by atoms with Crippen LogP contribution in [0.25, 0.3) is 0 Å². The highest BCUT2D eigenvalue weighted by atomic mass is 19.3. The van der Waals surface area contributed by atoms with Gasteiger partial charge in [0.25, 0.3) is 0 Å². The molecule has 0 aliphatic heterocycles. The Morgan fingerprint density at radius 2 is 2.05 bits per heavy atom. The van der Waals surface area contributed by atoms with Gasteiger partial charge in [0.2, 0.25) is 5.78 Å². The molecule has 0 radical (unpaired) electrons. The number of alkyl halides is 2. The van der Waals surface area contributed by atoms with Crippen LogP contribution in [0.3, 0.4) is 0 Å². The molecule has 0 saturated heterocycles. The first-order valence-electron chi connectivity index (χ1n) is 5.38. The molecule has 0 unspecified atom stereocenters. The molecule has 0 atom stereocenters. The molecule has 2 aromatic rings. The summed E-state index contributed by atoms with van der Waals surface area (Å²) in [6.07, 6.45) is 1.44. The predicted molar refractivity (Wildman–Crippen MR) is 65.2 cm³/mol. The summed E-state index contributed by atoms with van der Waals surface area (Å²) in [6.45, 7) is -3.01. The Hall–Kier alpha value is -2.50. The van der Waals surface area contributed by atoms with Crippen LogP contribution in [0.5, 0.6) is 5.75 Å². The van der Waals surface area contributed by atoms with Crippen LogP contribution in [0.4, 0.5) is 14.5 Å². The van der Waals surface area contributed by atoms with Gasteiger partial charge in [-0.25, -0.2) is 0 Å². The lowest BCUT2D eigenvalue weighted by Crippen LogP contribution is -2.10. The topological polar surface area (TPSA) is 65.2 Å². The summed E-state index contributed by atoms with van der Waals surface area (Å²) in [5.74, 6) is -0.747. The first-order valence-corrected chi connectivity index (χ1v) is 5.38. The summed E-state index contributed by atoms with van der Waals surface area (Å²) in [5, 5.41) is 0. The van der Waals surface area contributed by atoms with Crippen LogP contribution in [0.1, 0.15) is 16.1 Å². The first kappa shape index (κ1) is 12.9. The molecule has 0 aliphatic carbocycles. The first-order chi connectivity index (χ1) is 9.08. The van der Waals surface area contributed by atoms with Crippen LogP contribution in [-0.2, 0) is 0 Å². The maximum absolute atomic E-state index is 12.3. The number of rotatable bonds is 4. The number of nitrogen functional groups attached to an aromatic ring is 1. The van der Waals surface area contributed by atoms with Crippen molar-refractivity contribution in [2.24, 2.45) is 0 Å². The molecule has 6 heteroatoms. The Morgan fingerprint density at radius 1 is 1.26 bits per heavy atom. The van der Waals surface area contributed by atoms with E-state index in [2.05, 4.69) is 9.72 Å². The quantitative estimate of drug-likeness (QED) is 0.680. The zero-order valence-electron chi connectivity index (χ0n) is 9.72. The number of hydrogen-bond donors (Lipinski definition) is 1. The van der Waals surface area contributed by atoms with Gasteiger partial charge >= 0.3 is 6.61 Å². The maximum atomic E-state index is 12.3. The molecule has 0 saturated carbocycles. The fourth-order valence-electron chi connectivity index (χ4n) is 1.56. The number of carbonyl (C=O) groups excluding carboxylic acids is 1. The van der Waals surface area contributed by atoms with Gasteiger partial charge < -0.3 is 10.5 Å². The summed E-state index contributed by atoms with van der Waals surface area (Å²) in [6, 6.07) is 8.66. The normalized spacial score (nSPS) is 10.5. The van der Waals surface area contributed by atoms with E-state index in [0.717, 1.165) is 0 Å². The van der Waals surface area contributed by atoms with Crippen molar-refractivity contribution in [2.75, 3.05) is 5.73 Å². The van der Waals surface area contributed by atoms with Crippen molar-refractivity contribution in [3.05, 3.63) is 53.9 Å². The average molecular weight is 264 g/mol. The van der Waals surface area contributed by atoms with Crippen molar-refractivity contribution in [3.8, 4) is 5.75 Å². The second-order valence-electron chi connectivity index (χ2n) is 3.68. The molecule has 4 nitrogen and oxygen atoms in total. The Balaban J connectivity index is 2.43. The van der Waals surface area contributed by atoms with Crippen molar-refractivity contribution in [3.63, 3.8) is 0 Å². The summed E-state index contributed by atoms with van der Waals surface area (Å²) >= 11 is 0. The maximum Gasteiger partial charge on any atom is 0.387 e. The number of carbonyl (C=O) groups is 1. The summed E-state index contributed by atoms with van der Waals surface area (Å²) in [7, 11) is 0. The van der Waals surface area contributed by atoms with Crippen molar-refractivity contribution < 1.29 is 18.3 Å². The Bertz CT molecular complexity index is 588. The zero-order chi connectivity index (χ0) is 13.8. The van der Waals surface area contributed by atoms with Gasteiger partial charge in [-0.3, -0.25) is 9.78 Å². The minimum atomic E-state index is -3.01. The molecule has 0 spiro atoms. The lowest BCUT2D eigenvalue weighted by Gasteiger charge is -2.10. The van der Waals surface area contributed by atoms with E-state index in [1.54, 1.807) is 12.1 Å². The predicted octanol–water partition coefficient (Wildman–Crippen LogP) is 2.50. The molecule has 1 aromatic heterocycles. The van der Waals surface area contributed by atoms with E-state index < -0.39 is 12.4 Å². The highest BCUT2D eigenvalue weighted by Crippen LogP contribution is 2.25. The van der Waals surface area contributed by atoms with Crippen LogP contribution in [0.2, 0.25) is 0 Å². The van der Waals surface area contributed by atoms with Gasteiger partial charge in [-0.2, -0.15) is 8.78 Å². The smallest absolute Gasteiger partial charge is 0.387 e. The van der Waals surface area contributed by atoms with E-state index in [1.165, 1.54) is 30.5 Å². The van der Waals surface area contributed by atoms with Gasteiger partial charge in [0.1, 0.15) is 11.4 Å². The molecule has 19 heavy (non-hydrogen) atoms. The molecule has 0 aliphatic rings. The number of nitrogens with two attached hydrogens (primary N) is 1. The number of hydrogen-bond acceptors (Lipinski definition) is 4. The Kier molecular flexibility index (Phi) is 3.70. The molecular formula is C13H10F2N2O2. The number of benzene rings is 1. The second kappa shape index (κ2) is 5.43. The highest BCUT2D eigenvalue weighted by molar-refractivity contribution is 6.09. The van der Waals surface area contributed by atoms with E-state index in [1.807, 2.05) is 0 Å². The molecule has 98 valence electrons. The number of aromatic nitrogens is 1. The third kappa shape index (κ3) is 3.04. The van der Waals surface area contributed by atoms with E-state index >= 15 is 0 Å². The van der Waals surface area contributed by atoms with Crippen molar-refractivity contribution in [1.29, 1.82) is 0 Å².